The molecule has 226 valence electrons. The number of nitrogens with two attached hydrogens (primary N) is 1. The molecule has 1 fully saturated rings. The quantitative estimate of drug-likeness (QED) is 0.228. The number of hydrogen-bond donors (Lipinski definition) is 2. The molecular weight excluding hydrogens is 595 g/mol. The van der Waals surface area contributed by atoms with E-state index in [1.54, 1.807) is 45.9 Å². The molecule has 1 heterocycles. The topological polar surface area (TPSA) is 126 Å². The van der Waals surface area contributed by atoms with Crippen molar-refractivity contribution < 1.29 is 37.0 Å². The Morgan fingerprint density at radius 3 is 2.43 bits per heavy atom. The summed E-state index contributed by atoms with van der Waals surface area (Å²) in [7, 11) is 0. The second kappa shape index (κ2) is 12.3. The third kappa shape index (κ3) is 7.25. The van der Waals surface area contributed by atoms with Gasteiger partial charge in [-0.2, -0.15) is 8.78 Å². The Kier molecular flexibility index (Phi) is 9.22. The minimum atomic E-state index is -3.06. The molecule has 1 aromatic heterocycles. The molecule has 9 nitrogen and oxygen atoms in total. The third-order valence-corrected chi connectivity index (χ3v) is 7.63. The van der Waals surface area contributed by atoms with Gasteiger partial charge >= 0.3 is 12.7 Å². The smallest absolute Gasteiger partial charge is 0.405 e. The molecule has 42 heavy (non-hydrogen) atoms. The van der Waals surface area contributed by atoms with Gasteiger partial charge in [0.15, 0.2) is 28.6 Å². The van der Waals surface area contributed by atoms with Crippen LogP contribution in [0.15, 0.2) is 40.8 Å². The van der Waals surface area contributed by atoms with Crippen molar-refractivity contribution in [2.24, 2.45) is 17.1 Å². The highest BCUT2D eigenvalue weighted by molar-refractivity contribution is 6.35. The molecule has 0 spiro atoms. The lowest BCUT2D eigenvalue weighted by Gasteiger charge is -2.38. The number of aromatic nitrogens is 1. The average Bonchev–Trinajstić information content (AvgIpc) is 3.61. The van der Waals surface area contributed by atoms with Crippen molar-refractivity contribution in [1.29, 1.82) is 0 Å². The summed E-state index contributed by atoms with van der Waals surface area (Å²) in [6.07, 6.45) is 0.881. The monoisotopic (exact) mass is 625 g/mol. The van der Waals surface area contributed by atoms with Gasteiger partial charge in [0.25, 0.3) is 5.91 Å². The maximum Gasteiger partial charge on any atom is 0.405 e. The van der Waals surface area contributed by atoms with Crippen molar-refractivity contribution in [3.63, 3.8) is 0 Å². The number of benzene rings is 2. The fourth-order valence-corrected chi connectivity index (χ4v) is 4.50. The number of rotatable bonds is 11. The predicted octanol–water partition coefficient (Wildman–Crippen LogP) is 7.33. The molecule has 3 aromatic rings. The summed E-state index contributed by atoms with van der Waals surface area (Å²) in [5.74, 6) is -0.535. The van der Waals surface area contributed by atoms with Crippen LogP contribution < -0.4 is 20.5 Å². The first-order chi connectivity index (χ1) is 19.7. The van der Waals surface area contributed by atoms with Crippen LogP contribution in [0.5, 0.6) is 11.5 Å². The number of oxazole rings is 1. The van der Waals surface area contributed by atoms with Crippen LogP contribution in [0.25, 0.3) is 11.5 Å². The molecule has 0 aliphatic heterocycles. The van der Waals surface area contributed by atoms with E-state index in [4.69, 9.17) is 42.8 Å². The zero-order valence-electron chi connectivity index (χ0n) is 23.4. The van der Waals surface area contributed by atoms with E-state index in [9.17, 15) is 18.4 Å². The number of amides is 2. The molecule has 3 N–H and O–H groups in total. The van der Waals surface area contributed by atoms with Gasteiger partial charge in [-0.3, -0.25) is 4.79 Å². The highest BCUT2D eigenvalue weighted by Gasteiger charge is 2.49. The van der Waals surface area contributed by atoms with Gasteiger partial charge < -0.3 is 29.7 Å². The molecule has 1 unspecified atom stereocenters. The van der Waals surface area contributed by atoms with Crippen LogP contribution in [0, 0.1) is 11.3 Å². The standard InChI is InChI=1S/C29H31Cl2F2N3O6/c1-28(2,3)29(4,42-27(34)38)23-22(24(37)35-13-17-7-9-18(30)12-19(17)31)36-25(41-23)16-8-10-20(40-26(32)33)21(11-16)39-14-15-5-6-15/h7-12,15,26H,5-6,13-14H2,1-4H3,(H2,34,38)(H,35,37). The molecular formula is C29H31Cl2F2N3O6. The number of primary amides is 1. The van der Waals surface area contributed by atoms with E-state index < -0.39 is 29.6 Å². The molecule has 1 aliphatic carbocycles. The van der Waals surface area contributed by atoms with Gasteiger partial charge in [0, 0.05) is 27.6 Å². The number of ether oxygens (including phenoxy) is 3. The van der Waals surface area contributed by atoms with Gasteiger partial charge in [0.1, 0.15) is 0 Å². The molecule has 4 rings (SSSR count). The minimum Gasteiger partial charge on any atom is -0.489 e. The Morgan fingerprint density at radius 1 is 1.12 bits per heavy atom. The van der Waals surface area contributed by atoms with E-state index in [-0.39, 0.29) is 35.4 Å². The van der Waals surface area contributed by atoms with E-state index in [0.29, 0.717) is 33.7 Å². The number of halogens is 4. The van der Waals surface area contributed by atoms with Crippen molar-refractivity contribution >= 4 is 35.2 Å². The third-order valence-electron chi connectivity index (χ3n) is 7.04. The minimum absolute atomic E-state index is 0.0260. The molecule has 1 aliphatic rings. The van der Waals surface area contributed by atoms with E-state index in [0.717, 1.165) is 12.8 Å². The first kappa shape index (κ1) is 31.4. The summed E-state index contributed by atoms with van der Waals surface area (Å²) in [5.41, 5.74) is 3.75. The van der Waals surface area contributed by atoms with Gasteiger partial charge in [-0.1, -0.05) is 50.0 Å². The van der Waals surface area contributed by atoms with Crippen LogP contribution in [-0.2, 0) is 16.9 Å². The molecule has 13 heteroatoms. The van der Waals surface area contributed by atoms with Crippen LogP contribution in [0.1, 0.15) is 62.3 Å². The fourth-order valence-electron chi connectivity index (χ4n) is 4.03. The van der Waals surface area contributed by atoms with E-state index in [2.05, 4.69) is 15.0 Å². The van der Waals surface area contributed by atoms with Crippen LogP contribution in [0.3, 0.4) is 0 Å². The van der Waals surface area contributed by atoms with Crippen LogP contribution in [0.2, 0.25) is 10.0 Å². The number of nitrogens with one attached hydrogen (secondary N) is 1. The Morgan fingerprint density at radius 2 is 1.83 bits per heavy atom. The number of nitrogens with zero attached hydrogens (tertiary/aromatic N) is 1. The van der Waals surface area contributed by atoms with Gasteiger partial charge in [-0.25, -0.2) is 9.78 Å². The van der Waals surface area contributed by atoms with Crippen LogP contribution in [0.4, 0.5) is 13.6 Å². The Balaban J connectivity index is 1.77. The van der Waals surface area contributed by atoms with Gasteiger partial charge in [-0.15, -0.1) is 0 Å². The van der Waals surface area contributed by atoms with Crippen molar-refractivity contribution in [1.82, 2.24) is 10.3 Å². The number of carbonyl (C=O) groups excluding carboxylic acids is 2. The summed E-state index contributed by atoms with van der Waals surface area (Å²) in [6, 6.07) is 9.03. The summed E-state index contributed by atoms with van der Waals surface area (Å²) in [6.45, 7) is 4.16. The zero-order chi connectivity index (χ0) is 30.8. The van der Waals surface area contributed by atoms with Crippen LogP contribution >= 0.6 is 23.2 Å². The Hall–Kier alpha value is -3.57. The lowest BCUT2D eigenvalue weighted by molar-refractivity contribution is -0.0707. The lowest BCUT2D eigenvalue weighted by Crippen LogP contribution is -2.44. The molecule has 2 aromatic carbocycles. The molecule has 1 atom stereocenters. The van der Waals surface area contributed by atoms with E-state index in [1.165, 1.54) is 18.2 Å². The average molecular weight is 626 g/mol. The van der Waals surface area contributed by atoms with E-state index in [1.807, 2.05) is 0 Å². The molecule has 0 saturated heterocycles. The highest BCUT2D eigenvalue weighted by Crippen LogP contribution is 2.46. The molecule has 1 saturated carbocycles. The first-order valence-corrected chi connectivity index (χ1v) is 13.9. The maximum atomic E-state index is 13.5. The first-order valence-electron chi connectivity index (χ1n) is 13.1. The second-order valence-electron chi connectivity index (χ2n) is 11.1. The maximum absolute atomic E-state index is 13.5. The van der Waals surface area contributed by atoms with Gasteiger partial charge in [0.2, 0.25) is 5.89 Å². The second-order valence-corrected chi connectivity index (χ2v) is 12.0. The summed E-state index contributed by atoms with van der Waals surface area (Å²) < 4.78 is 48.2. The van der Waals surface area contributed by atoms with Crippen molar-refractivity contribution in [2.45, 2.75) is 59.3 Å². The number of carbonyl (C=O) groups is 2. The van der Waals surface area contributed by atoms with Gasteiger partial charge in [-0.05, 0) is 61.6 Å². The summed E-state index contributed by atoms with van der Waals surface area (Å²) in [4.78, 5) is 30.0. The number of alkyl halides is 2. The lowest BCUT2D eigenvalue weighted by atomic mass is 9.75. The SMILES string of the molecule is CC(C)(C)C(C)(OC(N)=O)c1oc(-c2ccc(OC(F)F)c(OCC3CC3)c2)nc1C(=O)NCc1ccc(Cl)cc1Cl. The van der Waals surface area contributed by atoms with Gasteiger partial charge in [0.05, 0.1) is 6.61 Å². The number of hydrogen-bond acceptors (Lipinski definition) is 7. The van der Waals surface area contributed by atoms with Crippen molar-refractivity contribution in [3.8, 4) is 23.0 Å². The normalized spacial score (nSPS) is 14.8. The van der Waals surface area contributed by atoms with Crippen molar-refractivity contribution in [2.75, 3.05) is 6.61 Å². The Labute approximate surface area is 251 Å². The fraction of sp³-hybridized carbons (Fsp3) is 0.414. The summed E-state index contributed by atoms with van der Waals surface area (Å²) >= 11 is 12.2. The Bertz CT molecular complexity index is 1470. The van der Waals surface area contributed by atoms with E-state index >= 15 is 0 Å². The summed E-state index contributed by atoms with van der Waals surface area (Å²) in [5, 5.41) is 3.54. The highest BCUT2D eigenvalue weighted by atomic mass is 35.5. The largest absolute Gasteiger partial charge is 0.489 e. The molecule has 0 bridgehead atoms. The molecule has 0 radical (unpaired) electrons. The zero-order valence-corrected chi connectivity index (χ0v) is 24.9. The van der Waals surface area contributed by atoms with Crippen molar-refractivity contribution in [3.05, 3.63) is 63.5 Å². The molecule has 2 amide bonds. The predicted molar refractivity (Wildman–Crippen MR) is 152 cm³/mol. The van der Waals surface area contributed by atoms with Crippen LogP contribution in [-0.4, -0.2) is 30.2 Å².